The van der Waals surface area contributed by atoms with Crippen LogP contribution in [-0.2, 0) is 16.0 Å². The smallest absolute Gasteiger partial charge is 0.310 e. The number of Topliss-reactive ketones (excluding diaryl/α,β-unsaturated/α-hetero) is 1. The van der Waals surface area contributed by atoms with E-state index in [4.69, 9.17) is 4.74 Å². The molecule has 0 spiro atoms. The molecule has 0 saturated carbocycles. The molecule has 0 unspecified atom stereocenters. The maximum absolute atomic E-state index is 12.0. The fourth-order valence-corrected chi connectivity index (χ4v) is 2.13. The molecule has 2 aromatic carbocycles. The topological polar surface area (TPSA) is 86.5 Å². The first-order valence-corrected chi connectivity index (χ1v) is 7.36. The number of esters is 1. The van der Waals surface area contributed by atoms with E-state index >= 15 is 0 Å². The minimum absolute atomic E-state index is 0.0710. The highest BCUT2D eigenvalue weighted by molar-refractivity contribution is 5.98. The first-order valence-electron chi connectivity index (χ1n) is 7.36. The zero-order valence-corrected chi connectivity index (χ0v) is 13.4. The lowest BCUT2D eigenvalue weighted by molar-refractivity contribution is -0.385. The summed E-state index contributed by atoms with van der Waals surface area (Å²) in [5, 5.41) is 10.9. The van der Waals surface area contributed by atoms with Gasteiger partial charge in [0.2, 0.25) is 5.78 Å². The molecule has 0 aliphatic carbocycles. The van der Waals surface area contributed by atoms with Crippen molar-refractivity contribution in [3.05, 3.63) is 74.8 Å². The molecule has 124 valence electrons. The molecule has 2 rings (SSSR count). The van der Waals surface area contributed by atoms with Crippen LogP contribution >= 0.6 is 0 Å². The van der Waals surface area contributed by atoms with Gasteiger partial charge in [0, 0.05) is 17.2 Å². The molecule has 24 heavy (non-hydrogen) atoms. The van der Waals surface area contributed by atoms with Crippen molar-refractivity contribution in [1.29, 1.82) is 0 Å². The van der Waals surface area contributed by atoms with Gasteiger partial charge in [0.25, 0.3) is 5.69 Å². The Morgan fingerprint density at radius 2 is 1.75 bits per heavy atom. The van der Waals surface area contributed by atoms with Crippen molar-refractivity contribution in [3.8, 4) is 0 Å². The Morgan fingerprint density at radius 3 is 2.38 bits per heavy atom. The zero-order chi connectivity index (χ0) is 17.7. The van der Waals surface area contributed by atoms with Crippen LogP contribution in [0.4, 0.5) is 5.69 Å². The third-order valence-electron chi connectivity index (χ3n) is 3.56. The first-order chi connectivity index (χ1) is 11.4. The van der Waals surface area contributed by atoms with Gasteiger partial charge in [-0.3, -0.25) is 19.7 Å². The number of aryl methyl sites for hydroxylation is 2. The van der Waals surface area contributed by atoms with E-state index in [1.807, 2.05) is 31.2 Å². The van der Waals surface area contributed by atoms with Crippen molar-refractivity contribution < 1.29 is 19.2 Å². The zero-order valence-electron chi connectivity index (χ0n) is 13.4. The van der Waals surface area contributed by atoms with E-state index < -0.39 is 23.3 Å². The fraction of sp³-hybridized carbons (Fsp3) is 0.222. The van der Waals surface area contributed by atoms with Crippen LogP contribution in [0.5, 0.6) is 0 Å². The van der Waals surface area contributed by atoms with Crippen LogP contribution in [0.1, 0.15) is 27.0 Å². The van der Waals surface area contributed by atoms with E-state index in [9.17, 15) is 19.7 Å². The van der Waals surface area contributed by atoms with Gasteiger partial charge >= 0.3 is 5.97 Å². The number of hydrogen-bond donors (Lipinski definition) is 0. The second kappa shape index (κ2) is 7.50. The predicted molar refractivity (Wildman–Crippen MR) is 88.0 cm³/mol. The van der Waals surface area contributed by atoms with Gasteiger partial charge in [-0.2, -0.15) is 0 Å². The highest BCUT2D eigenvalue weighted by atomic mass is 16.6. The van der Waals surface area contributed by atoms with Gasteiger partial charge in [-0.15, -0.1) is 0 Å². The third-order valence-corrected chi connectivity index (χ3v) is 3.56. The van der Waals surface area contributed by atoms with E-state index in [0.29, 0.717) is 5.56 Å². The van der Waals surface area contributed by atoms with E-state index in [2.05, 4.69) is 0 Å². The van der Waals surface area contributed by atoms with Crippen LogP contribution in [0.25, 0.3) is 0 Å². The summed E-state index contributed by atoms with van der Waals surface area (Å²) >= 11 is 0. The average Bonchev–Trinajstić information content (AvgIpc) is 2.55. The van der Waals surface area contributed by atoms with Gasteiger partial charge in [-0.25, -0.2) is 0 Å². The highest BCUT2D eigenvalue weighted by Crippen LogP contribution is 2.19. The monoisotopic (exact) mass is 327 g/mol. The number of ketones is 1. The summed E-state index contributed by atoms with van der Waals surface area (Å²) in [5.41, 5.74) is 2.36. The summed E-state index contributed by atoms with van der Waals surface area (Å²) in [7, 11) is 0. The molecule has 0 bridgehead atoms. The maximum Gasteiger partial charge on any atom is 0.310 e. The van der Waals surface area contributed by atoms with Gasteiger partial charge in [0.15, 0.2) is 6.61 Å². The number of nitro benzene ring substituents is 1. The van der Waals surface area contributed by atoms with Crippen molar-refractivity contribution in [2.24, 2.45) is 0 Å². The SMILES string of the molecule is Cc1ccc(CC(=O)OCC(=O)c2ccc(C)c([N+](=O)[O-])c2)cc1. The minimum atomic E-state index is -0.546. The summed E-state index contributed by atoms with van der Waals surface area (Å²) < 4.78 is 4.96. The molecule has 0 heterocycles. The Bertz CT molecular complexity index is 780. The number of ether oxygens (including phenoxy) is 1. The Labute approximate surface area is 139 Å². The highest BCUT2D eigenvalue weighted by Gasteiger charge is 2.16. The van der Waals surface area contributed by atoms with E-state index in [-0.39, 0.29) is 17.7 Å². The molecule has 2 aromatic rings. The van der Waals surface area contributed by atoms with Crippen molar-refractivity contribution in [2.75, 3.05) is 6.61 Å². The van der Waals surface area contributed by atoms with Gasteiger partial charge in [-0.05, 0) is 19.4 Å². The Balaban J connectivity index is 1.95. The van der Waals surface area contributed by atoms with Crippen LogP contribution in [-0.4, -0.2) is 23.3 Å². The fourth-order valence-electron chi connectivity index (χ4n) is 2.13. The normalized spacial score (nSPS) is 10.2. The standard InChI is InChI=1S/C18H17NO5/c1-12-3-6-14(7-4-12)9-18(21)24-11-17(20)15-8-5-13(2)16(10-15)19(22)23/h3-8,10H,9,11H2,1-2H3. The number of nitrogens with zero attached hydrogens (tertiary/aromatic N) is 1. The molecule has 0 aromatic heterocycles. The Hall–Kier alpha value is -3.02. The van der Waals surface area contributed by atoms with Crippen LogP contribution in [0, 0.1) is 24.0 Å². The summed E-state index contributed by atoms with van der Waals surface area (Å²) in [6.07, 6.45) is 0.0710. The van der Waals surface area contributed by atoms with Crippen LogP contribution < -0.4 is 0 Å². The van der Waals surface area contributed by atoms with Crippen molar-refractivity contribution in [1.82, 2.24) is 0 Å². The van der Waals surface area contributed by atoms with E-state index in [0.717, 1.165) is 11.1 Å². The third kappa shape index (κ3) is 4.49. The number of hydrogen-bond acceptors (Lipinski definition) is 5. The Morgan fingerprint density at radius 1 is 1.08 bits per heavy atom. The van der Waals surface area contributed by atoms with Crippen LogP contribution in [0.15, 0.2) is 42.5 Å². The summed E-state index contributed by atoms with van der Waals surface area (Å²) in [6, 6.07) is 11.6. The molecule has 0 radical (unpaired) electrons. The molecule has 0 aliphatic heterocycles. The van der Waals surface area contributed by atoms with Gasteiger partial charge in [-0.1, -0.05) is 42.0 Å². The minimum Gasteiger partial charge on any atom is -0.457 e. The number of rotatable bonds is 6. The summed E-state index contributed by atoms with van der Waals surface area (Å²) in [5.74, 6) is -0.996. The second-order valence-corrected chi connectivity index (χ2v) is 5.50. The second-order valence-electron chi connectivity index (χ2n) is 5.50. The molecule has 0 amide bonds. The lowest BCUT2D eigenvalue weighted by Gasteiger charge is -2.06. The summed E-state index contributed by atoms with van der Waals surface area (Å²) in [6.45, 7) is 3.10. The maximum atomic E-state index is 12.0. The van der Waals surface area contributed by atoms with Gasteiger partial charge in [0.1, 0.15) is 0 Å². The van der Waals surface area contributed by atoms with Crippen LogP contribution in [0.3, 0.4) is 0 Å². The van der Waals surface area contributed by atoms with Gasteiger partial charge in [0.05, 0.1) is 11.3 Å². The quantitative estimate of drug-likeness (QED) is 0.352. The van der Waals surface area contributed by atoms with Gasteiger partial charge < -0.3 is 4.74 Å². The molecule has 0 N–H and O–H groups in total. The molecule has 6 heteroatoms. The molecular formula is C18H17NO5. The first kappa shape index (κ1) is 17.3. The largest absolute Gasteiger partial charge is 0.457 e. The lowest BCUT2D eigenvalue weighted by Crippen LogP contribution is -2.16. The van der Waals surface area contributed by atoms with Crippen molar-refractivity contribution >= 4 is 17.4 Å². The number of carbonyl (C=O) groups is 2. The van der Waals surface area contributed by atoms with Crippen molar-refractivity contribution in [2.45, 2.75) is 20.3 Å². The lowest BCUT2D eigenvalue weighted by atomic mass is 10.1. The molecule has 0 fully saturated rings. The average molecular weight is 327 g/mol. The predicted octanol–water partition coefficient (Wildman–Crippen LogP) is 3.18. The summed E-state index contributed by atoms with van der Waals surface area (Å²) in [4.78, 5) is 34.2. The molecular weight excluding hydrogens is 310 g/mol. The molecule has 0 aliphatic rings. The van der Waals surface area contributed by atoms with E-state index in [1.54, 1.807) is 6.92 Å². The van der Waals surface area contributed by atoms with E-state index in [1.165, 1.54) is 18.2 Å². The molecule has 0 saturated heterocycles. The number of nitro groups is 1. The number of benzene rings is 2. The van der Waals surface area contributed by atoms with Crippen LogP contribution in [0.2, 0.25) is 0 Å². The Kier molecular flexibility index (Phi) is 5.42. The molecule has 6 nitrogen and oxygen atoms in total. The van der Waals surface area contributed by atoms with Crippen molar-refractivity contribution in [3.63, 3.8) is 0 Å². The number of carbonyl (C=O) groups excluding carboxylic acids is 2. The molecule has 0 atom stereocenters.